The summed E-state index contributed by atoms with van der Waals surface area (Å²) < 4.78 is 30.9. The van der Waals surface area contributed by atoms with Gasteiger partial charge in [0.2, 0.25) is 0 Å². The van der Waals surface area contributed by atoms with Crippen molar-refractivity contribution in [3.8, 4) is 0 Å². The third-order valence-electron chi connectivity index (χ3n) is 4.46. The number of aryl methyl sites for hydroxylation is 2. The highest BCUT2D eigenvalue weighted by molar-refractivity contribution is 7.89. The summed E-state index contributed by atoms with van der Waals surface area (Å²) in [5.74, 6) is 2.00. The number of fused-ring (bicyclic) bond motifs is 1. The second-order valence-corrected chi connectivity index (χ2v) is 8.29. The van der Waals surface area contributed by atoms with Gasteiger partial charge in [0.05, 0.1) is 12.2 Å². The predicted octanol–water partition coefficient (Wildman–Crippen LogP) is 1.33. The second-order valence-electron chi connectivity index (χ2n) is 6.40. The maximum Gasteiger partial charge on any atom is 0.262 e. The van der Waals surface area contributed by atoms with E-state index in [1.165, 1.54) is 4.31 Å². The summed E-state index contributed by atoms with van der Waals surface area (Å²) in [5.41, 5.74) is 2.00. The Morgan fingerprint density at radius 1 is 1.22 bits per heavy atom. The van der Waals surface area contributed by atoms with Crippen LogP contribution < -0.4 is 0 Å². The summed E-state index contributed by atoms with van der Waals surface area (Å²) >= 11 is 0. The Hall–Kier alpha value is -1.67. The first-order chi connectivity index (χ1) is 10.7. The molecule has 126 valence electrons. The van der Waals surface area contributed by atoms with E-state index in [-0.39, 0.29) is 5.03 Å². The Kier molecular flexibility index (Phi) is 3.84. The molecule has 2 aromatic heterocycles. The molecule has 0 fully saturated rings. The zero-order valence-electron chi connectivity index (χ0n) is 14.2. The van der Waals surface area contributed by atoms with Gasteiger partial charge in [-0.25, -0.2) is 18.4 Å². The van der Waals surface area contributed by atoms with E-state index in [0.29, 0.717) is 31.3 Å². The molecule has 0 saturated heterocycles. The summed E-state index contributed by atoms with van der Waals surface area (Å²) in [4.78, 5) is 8.83. The van der Waals surface area contributed by atoms with Gasteiger partial charge in [-0.05, 0) is 6.92 Å². The minimum absolute atomic E-state index is 0.112. The number of hydrogen-bond acceptors (Lipinski definition) is 4. The lowest BCUT2D eigenvalue weighted by Gasteiger charge is -2.25. The topological polar surface area (TPSA) is 73.0 Å². The van der Waals surface area contributed by atoms with Gasteiger partial charge in [-0.2, -0.15) is 4.31 Å². The fraction of sp³-hybridized carbons (Fsp3) is 0.600. The number of imidazole rings is 2. The predicted molar refractivity (Wildman–Crippen MR) is 86.5 cm³/mol. The van der Waals surface area contributed by atoms with Crippen molar-refractivity contribution >= 4 is 10.0 Å². The van der Waals surface area contributed by atoms with Crippen molar-refractivity contribution < 1.29 is 8.42 Å². The highest BCUT2D eigenvalue weighted by Gasteiger charge is 2.33. The van der Waals surface area contributed by atoms with E-state index >= 15 is 0 Å². The van der Waals surface area contributed by atoms with Gasteiger partial charge in [0.25, 0.3) is 10.0 Å². The standard InChI is InChI=1S/C15H23N5O2S/c1-10(2)15-17-12-8-20(7-6-13(12)19(15)5)23(21,22)14-9-18(4)11(3)16-14/h9-10H,6-8H2,1-5H3. The van der Waals surface area contributed by atoms with Crippen LogP contribution in [0, 0.1) is 6.92 Å². The molecular weight excluding hydrogens is 314 g/mol. The molecule has 23 heavy (non-hydrogen) atoms. The van der Waals surface area contributed by atoms with Gasteiger partial charge in [-0.1, -0.05) is 13.8 Å². The molecule has 0 aliphatic carbocycles. The average Bonchev–Trinajstić information content (AvgIpc) is 3.00. The summed E-state index contributed by atoms with van der Waals surface area (Å²) in [6.07, 6.45) is 2.24. The molecule has 8 heteroatoms. The summed E-state index contributed by atoms with van der Waals surface area (Å²) in [6, 6.07) is 0. The van der Waals surface area contributed by atoms with Gasteiger partial charge >= 0.3 is 0 Å². The smallest absolute Gasteiger partial charge is 0.262 e. The van der Waals surface area contributed by atoms with E-state index in [4.69, 9.17) is 0 Å². The van der Waals surface area contributed by atoms with Crippen LogP contribution in [0.4, 0.5) is 0 Å². The molecule has 2 aromatic rings. The van der Waals surface area contributed by atoms with Gasteiger partial charge in [0.15, 0.2) is 5.03 Å². The Balaban J connectivity index is 1.94. The van der Waals surface area contributed by atoms with Crippen molar-refractivity contribution in [2.24, 2.45) is 14.1 Å². The zero-order chi connectivity index (χ0) is 16.9. The molecule has 0 saturated carbocycles. The van der Waals surface area contributed by atoms with E-state index in [1.807, 2.05) is 7.05 Å². The van der Waals surface area contributed by atoms with Crippen molar-refractivity contribution in [2.45, 2.75) is 44.7 Å². The van der Waals surface area contributed by atoms with Crippen molar-refractivity contribution in [1.29, 1.82) is 0 Å². The molecule has 0 atom stereocenters. The summed E-state index contributed by atoms with van der Waals surface area (Å²) in [7, 11) is 0.224. The van der Waals surface area contributed by atoms with Crippen molar-refractivity contribution in [3.05, 3.63) is 29.2 Å². The van der Waals surface area contributed by atoms with Gasteiger partial charge < -0.3 is 9.13 Å². The molecule has 0 bridgehead atoms. The molecule has 0 amide bonds. The third kappa shape index (κ3) is 2.59. The maximum absolute atomic E-state index is 12.8. The lowest BCUT2D eigenvalue weighted by Crippen LogP contribution is -2.36. The Bertz CT molecular complexity index is 828. The normalized spacial score (nSPS) is 16.1. The fourth-order valence-electron chi connectivity index (χ4n) is 3.03. The molecule has 3 heterocycles. The summed E-state index contributed by atoms with van der Waals surface area (Å²) in [5, 5.41) is 0.112. The molecule has 0 unspecified atom stereocenters. The van der Waals surface area contributed by atoms with Crippen LogP contribution in [-0.4, -0.2) is 38.4 Å². The lowest BCUT2D eigenvalue weighted by atomic mass is 10.2. The molecule has 0 aromatic carbocycles. The largest absolute Gasteiger partial charge is 0.337 e. The van der Waals surface area contributed by atoms with Crippen LogP contribution in [0.1, 0.15) is 42.8 Å². The van der Waals surface area contributed by atoms with Crippen LogP contribution in [0.3, 0.4) is 0 Å². The number of hydrogen-bond donors (Lipinski definition) is 0. The fourth-order valence-corrected chi connectivity index (χ4v) is 4.46. The number of rotatable bonds is 3. The van der Waals surface area contributed by atoms with E-state index in [1.54, 1.807) is 24.7 Å². The molecule has 7 nitrogen and oxygen atoms in total. The van der Waals surface area contributed by atoms with Crippen molar-refractivity contribution in [2.75, 3.05) is 6.54 Å². The molecule has 0 radical (unpaired) electrons. The van der Waals surface area contributed by atoms with Crippen molar-refractivity contribution in [1.82, 2.24) is 23.4 Å². The minimum atomic E-state index is -3.58. The van der Waals surface area contributed by atoms with Gasteiger partial charge in [-0.3, -0.25) is 0 Å². The van der Waals surface area contributed by atoms with Gasteiger partial charge in [0.1, 0.15) is 11.6 Å². The monoisotopic (exact) mass is 337 g/mol. The molecule has 0 spiro atoms. The first kappa shape index (κ1) is 16.2. The zero-order valence-corrected chi connectivity index (χ0v) is 15.1. The van der Waals surface area contributed by atoms with Crippen LogP contribution in [0.5, 0.6) is 0 Å². The van der Waals surface area contributed by atoms with Crippen LogP contribution in [0.15, 0.2) is 11.2 Å². The SMILES string of the molecule is Cc1nc(S(=O)(=O)N2CCc3c(nc(C(C)C)n3C)C2)cn1C. The number of aromatic nitrogens is 4. The number of nitrogens with zero attached hydrogens (tertiary/aromatic N) is 5. The number of sulfonamides is 1. The molecule has 3 rings (SSSR count). The van der Waals surface area contributed by atoms with E-state index in [2.05, 4.69) is 28.4 Å². The van der Waals surface area contributed by atoms with Crippen LogP contribution >= 0.6 is 0 Å². The quantitative estimate of drug-likeness (QED) is 0.847. The second kappa shape index (κ2) is 5.45. The third-order valence-corrected chi connectivity index (χ3v) is 6.18. The van der Waals surface area contributed by atoms with E-state index < -0.39 is 10.0 Å². The van der Waals surface area contributed by atoms with Gasteiger partial charge in [-0.15, -0.1) is 0 Å². The van der Waals surface area contributed by atoms with Crippen LogP contribution in [0.2, 0.25) is 0 Å². The maximum atomic E-state index is 12.8. The van der Waals surface area contributed by atoms with Crippen molar-refractivity contribution in [3.63, 3.8) is 0 Å². The Morgan fingerprint density at radius 2 is 1.91 bits per heavy atom. The van der Waals surface area contributed by atoms with Crippen LogP contribution in [-0.2, 0) is 37.1 Å². The van der Waals surface area contributed by atoms with Crippen LogP contribution in [0.25, 0.3) is 0 Å². The molecular formula is C15H23N5O2S. The van der Waals surface area contributed by atoms with E-state index in [9.17, 15) is 8.42 Å². The Labute approximate surface area is 137 Å². The minimum Gasteiger partial charge on any atom is -0.337 e. The highest BCUT2D eigenvalue weighted by atomic mass is 32.2. The Morgan fingerprint density at radius 3 is 2.48 bits per heavy atom. The van der Waals surface area contributed by atoms with E-state index in [0.717, 1.165) is 17.2 Å². The molecule has 0 N–H and O–H groups in total. The first-order valence-electron chi connectivity index (χ1n) is 7.76. The average molecular weight is 337 g/mol. The van der Waals surface area contributed by atoms with Gasteiger partial charge in [0, 0.05) is 44.9 Å². The molecule has 1 aliphatic heterocycles. The molecule has 1 aliphatic rings. The highest BCUT2D eigenvalue weighted by Crippen LogP contribution is 2.26. The lowest BCUT2D eigenvalue weighted by molar-refractivity contribution is 0.381. The first-order valence-corrected chi connectivity index (χ1v) is 9.20. The summed E-state index contributed by atoms with van der Waals surface area (Å²) in [6.45, 7) is 6.76.